The zero-order valence-corrected chi connectivity index (χ0v) is 7.18. The van der Waals surface area contributed by atoms with Gasteiger partial charge in [-0.25, -0.2) is 0 Å². The van der Waals surface area contributed by atoms with Gasteiger partial charge in [-0.15, -0.1) is 0 Å². The molecule has 1 aliphatic heterocycles. The molecule has 2 nitrogen and oxygen atoms in total. The minimum atomic E-state index is 0.796. The molecule has 1 N–H and O–H groups in total. The van der Waals surface area contributed by atoms with E-state index >= 15 is 0 Å². The van der Waals surface area contributed by atoms with Gasteiger partial charge in [0.1, 0.15) is 12.4 Å². The SMILES string of the molecule is C/C=C\C1=C(CC)OCCN1. The quantitative estimate of drug-likeness (QED) is 0.653. The van der Waals surface area contributed by atoms with E-state index < -0.39 is 0 Å². The predicted octanol–water partition coefficient (Wildman–Crippen LogP) is 1.80. The van der Waals surface area contributed by atoms with Gasteiger partial charge in [0.25, 0.3) is 0 Å². The van der Waals surface area contributed by atoms with Gasteiger partial charge in [0.2, 0.25) is 0 Å². The van der Waals surface area contributed by atoms with Gasteiger partial charge in [-0.1, -0.05) is 13.0 Å². The first kappa shape index (κ1) is 8.18. The van der Waals surface area contributed by atoms with Crippen LogP contribution in [0.1, 0.15) is 20.3 Å². The Labute approximate surface area is 67.9 Å². The molecule has 0 aromatic heterocycles. The number of allylic oxidation sites excluding steroid dienone is 3. The maximum absolute atomic E-state index is 5.46. The number of hydrogen-bond acceptors (Lipinski definition) is 2. The summed E-state index contributed by atoms with van der Waals surface area (Å²) in [6.45, 7) is 5.83. The van der Waals surface area contributed by atoms with Crippen molar-refractivity contribution in [3.63, 3.8) is 0 Å². The highest BCUT2D eigenvalue weighted by Gasteiger charge is 2.07. The van der Waals surface area contributed by atoms with Crippen LogP contribution in [0.2, 0.25) is 0 Å². The van der Waals surface area contributed by atoms with E-state index in [9.17, 15) is 0 Å². The van der Waals surface area contributed by atoms with E-state index in [0.29, 0.717) is 0 Å². The minimum Gasteiger partial charge on any atom is -0.494 e. The molecular weight excluding hydrogens is 138 g/mol. The first-order valence-corrected chi connectivity index (χ1v) is 4.11. The molecule has 0 radical (unpaired) electrons. The summed E-state index contributed by atoms with van der Waals surface area (Å²) < 4.78 is 5.46. The summed E-state index contributed by atoms with van der Waals surface area (Å²) in [5, 5.41) is 3.29. The lowest BCUT2D eigenvalue weighted by molar-refractivity contribution is 0.186. The molecule has 0 bridgehead atoms. The van der Waals surface area contributed by atoms with Crippen molar-refractivity contribution in [2.45, 2.75) is 20.3 Å². The lowest BCUT2D eigenvalue weighted by Crippen LogP contribution is -2.25. The molecule has 2 heteroatoms. The Hall–Kier alpha value is -0.920. The number of ether oxygens (including phenoxy) is 1. The third-order valence-corrected chi connectivity index (χ3v) is 1.65. The highest BCUT2D eigenvalue weighted by atomic mass is 16.5. The van der Waals surface area contributed by atoms with Crippen LogP contribution in [0.15, 0.2) is 23.6 Å². The van der Waals surface area contributed by atoms with Crippen LogP contribution in [0.5, 0.6) is 0 Å². The van der Waals surface area contributed by atoms with Crippen LogP contribution in [0.3, 0.4) is 0 Å². The van der Waals surface area contributed by atoms with Crippen molar-refractivity contribution in [1.82, 2.24) is 5.32 Å². The van der Waals surface area contributed by atoms with E-state index in [-0.39, 0.29) is 0 Å². The molecule has 0 unspecified atom stereocenters. The molecule has 11 heavy (non-hydrogen) atoms. The lowest BCUT2D eigenvalue weighted by Gasteiger charge is -2.20. The van der Waals surface area contributed by atoms with Gasteiger partial charge < -0.3 is 10.1 Å². The number of hydrogen-bond donors (Lipinski definition) is 1. The Morgan fingerprint density at radius 2 is 2.45 bits per heavy atom. The number of nitrogens with one attached hydrogen (secondary N) is 1. The number of rotatable bonds is 2. The van der Waals surface area contributed by atoms with Gasteiger partial charge in [-0.05, 0) is 13.0 Å². The van der Waals surface area contributed by atoms with Crippen molar-refractivity contribution < 1.29 is 4.74 Å². The first-order chi connectivity index (χ1) is 5.38. The fourth-order valence-electron chi connectivity index (χ4n) is 1.15. The summed E-state index contributed by atoms with van der Waals surface area (Å²) >= 11 is 0. The summed E-state index contributed by atoms with van der Waals surface area (Å²) in [4.78, 5) is 0. The second-order valence-corrected chi connectivity index (χ2v) is 2.47. The Morgan fingerprint density at radius 1 is 1.64 bits per heavy atom. The van der Waals surface area contributed by atoms with Crippen LogP contribution >= 0.6 is 0 Å². The van der Waals surface area contributed by atoms with Crippen molar-refractivity contribution in [2.75, 3.05) is 13.2 Å². The van der Waals surface area contributed by atoms with Gasteiger partial charge in [0.15, 0.2) is 0 Å². The van der Waals surface area contributed by atoms with E-state index in [1.54, 1.807) is 0 Å². The molecule has 1 heterocycles. The first-order valence-electron chi connectivity index (χ1n) is 4.11. The second kappa shape index (κ2) is 4.06. The molecule has 0 amide bonds. The molecule has 0 atom stereocenters. The van der Waals surface area contributed by atoms with Gasteiger partial charge >= 0.3 is 0 Å². The average Bonchev–Trinajstić information content (AvgIpc) is 2.06. The van der Waals surface area contributed by atoms with Crippen molar-refractivity contribution in [3.05, 3.63) is 23.6 Å². The van der Waals surface area contributed by atoms with Crippen LogP contribution in [-0.4, -0.2) is 13.2 Å². The fraction of sp³-hybridized carbons (Fsp3) is 0.556. The van der Waals surface area contributed by atoms with Crippen LogP contribution in [0, 0.1) is 0 Å². The van der Waals surface area contributed by atoms with E-state index in [1.165, 1.54) is 0 Å². The monoisotopic (exact) mass is 153 g/mol. The maximum Gasteiger partial charge on any atom is 0.119 e. The summed E-state index contributed by atoms with van der Waals surface area (Å²) in [6.07, 6.45) is 5.04. The normalized spacial score (nSPS) is 18.4. The second-order valence-electron chi connectivity index (χ2n) is 2.47. The third-order valence-electron chi connectivity index (χ3n) is 1.65. The molecule has 0 spiro atoms. The van der Waals surface area contributed by atoms with Gasteiger partial charge in [0.05, 0.1) is 5.70 Å². The average molecular weight is 153 g/mol. The fourth-order valence-corrected chi connectivity index (χ4v) is 1.15. The lowest BCUT2D eigenvalue weighted by atomic mass is 10.2. The molecule has 0 aliphatic carbocycles. The van der Waals surface area contributed by atoms with Crippen LogP contribution in [0.25, 0.3) is 0 Å². The molecule has 0 saturated carbocycles. The molecule has 0 fully saturated rings. The highest BCUT2D eigenvalue weighted by molar-refractivity contribution is 5.21. The van der Waals surface area contributed by atoms with E-state index in [2.05, 4.69) is 18.3 Å². The Bertz CT molecular complexity index is 182. The van der Waals surface area contributed by atoms with Gasteiger partial charge in [-0.2, -0.15) is 0 Å². The molecule has 1 aliphatic rings. The Morgan fingerprint density at radius 3 is 3.09 bits per heavy atom. The van der Waals surface area contributed by atoms with E-state index in [1.807, 2.05) is 13.0 Å². The molecule has 0 saturated heterocycles. The zero-order valence-electron chi connectivity index (χ0n) is 7.18. The van der Waals surface area contributed by atoms with Crippen LogP contribution in [-0.2, 0) is 4.74 Å². The topological polar surface area (TPSA) is 21.3 Å². The predicted molar refractivity (Wildman–Crippen MR) is 46.1 cm³/mol. The Balaban J connectivity index is 2.72. The molecule has 0 aromatic rings. The van der Waals surface area contributed by atoms with Crippen LogP contribution in [0.4, 0.5) is 0 Å². The van der Waals surface area contributed by atoms with E-state index in [0.717, 1.165) is 31.0 Å². The molecular formula is C9H15NO. The summed E-state index contributed by atoms with van der Waals surface area (Å²) in [6, 6.07) is 0. The smallest absolute Gasteiger partial charge is 0.119 e. The van der Waals surface area contributed by atoms with Gasteiger partial charge in [0, 0.05) is 13.0 Å². The van der Waals surface area contributed by atoms with Gasteiger partial charge in [-0.3, -0.25) is 0 Å². The molecule has 0 aromatic carbocycles. The molecule has 1 rings (SSSR count). The van der Waals surface area contributed by atoms with E-state index in [4.69, 9.17) is 4.74 Å². The zero-order chi connectivity index (χ0) is 8.10. The maximum atomic E-state index is 5.46. The van der Waals surface area contributed by atoms with Crippen molar-refractivity contribution in [2.24, 2.45) is 0 Å². The largest absolute Gasteiger partial charge is 0.494 e. The minimum absolute atomic E-state index is 0.796. The summed E-state index contributed by atoms with van der Waals surface area (Å²) in [5.74, 6) is 1.08. The summed E-state index contributed by atoms with van der Waals surface area (Å²) in [5.41, 5.74) is 1.14. The molecule has 62 valence electrons. The highest BCUT2D eigenvalue weighted by Crippen LogP contribution is 2.12. The standard InChI is InChI=1S/C9H15NO/c1-3-5-8-9(4-2)11-7-6-10-8/h3,5,10H,4,6-7H2,1-2H3/b5-3-. The van der Waals surface area contributed by atoms with Crippen LogP contribution < -0.4 is 5.32 Å². The Kier molecular flexibility index (Phi) is 3.02. The van der Waals surface area contributed by atoms with Crippen molar-refractivity contribution >= 4 is 0 Å². The third kappa shape index (κ3) is 2.00. The van der Waals surface area contributed by atoms with Crippen molar-refractivity contribution in [1.29, 1.82) is 0 Å². The van der Waals surface area contributed by atoms with Crippen molar-refractivity contribution in [3.8, 4) is 0 Å². The summed E-state index contributed by atoms with van der Waals surface area (Å²) in [7, 11) is 0.